The van der Waals surface area contributed by atoms with Crippen LogP contribution < -0.4 is 30.0 Å². The molecule has 0 atom stereocenters. The molecule has 0 bridgehead atoms. The SMILES string of the molecule is CCCC[Si]1([c-]2ccc(C)c2)CCC1.[C-]1=CC=CC1.[Cl-].[Cl-].[Zr+4]. The minimum atomic E-state index is -0.919. The smallest absolute Gasteiger partial charge is 1.00 e. The number of hydrogen-bond acceptors (Lipinski definition) is 0. The topological polar surface area (TPSA) is 0 Å². The predicted octanol–water partition coefficient (Wildman–Crippen LogP) is -1.12. The van der Waals surface area contributed by atoms with E-state index in [0.717, 1.165) is 6.42 Å². The number of hydrogen-bond donors (Lipinski definition) is 0. The Kier molecular flexibility index (Phi) is 14.5. The number of unbranched alkanes of at least 4 members (excludes halogenated alkanes) is 1. The molecule has 0 radical (unpaired) electrons. The van der Waals surface area contributed by atoms with Crippen LogP contribution in [-0.4, -0.2) is 8.07 Å². The Bertz CT molecular complexity index is 438. The van der Waals surface area contributed by atoms with Gasteiger partial charge in [-0.3, -0.25) is 6.08 Å². The van der Waals surface area contributed by atoms with E-state index in [-0.39, 0.29) is 51.0 Å². The van der Waals surface area contributed by atoms with Crippen LogP contribution in [0.15, 0.2) is 36.4 Å². The van der Waals surface area contributed by atoms with E-state index in [1.54, 1.807) is 23.3 Å². The summed E-state index contributed by atoms with van der Waals surface area (Å²) in [6.07, 6.45) is 14.3. The van der Waals surface area contributed by atoms with Gasteiger partial charge in [0.1, 0.15) is 0 Å². The molecular formula is C18H26Cl2SiZr. The summed E-state index contributed by atoms with van der Waals surface area (Å²) in [6, 6.07) is 11.9. The quantitative estimate of drug-likeness (QED) is 0.418. The van der Waals surface area contributed by atoms with Gasteiger partial charge in [0, 0.05) is 8.07 Å². The van der Waals surface area contributed by atoms with E-state index in [2.05, 4.69) is 44.2 Å². The van der Waals surface area contributed by atoms with E-state index in [9.17, 15) is 0 Å². The molecule has 0 saturated carbocycles. The normalized spacial score (nSPS) is 16.3. The number of allylic oxidation sites excluding steroid dienone is 4. The molecule has 3 rings (SSSR count). The summed E-state index contributed by atoms with van der Waals surface area (Å²) in [7, 11) is -0.919. The second-order valence-corrected chi connectivity index (χ2v) is 10.6. The van der Waals surface area contributed by atoms with Crippen molar-refractivity contribution in [1.29, 1.82) is 0 Å². The summed E-state index contributed by atoms with van der Waals surface area (Å²) in [6.45, 7) is 4.54. The van der Waals surface area contributed by atoms with Crippen molar-refractivity contribution >= 4 is 13.3 Å². The van der Waals surface area contributed by atoms with Gasteiger partial charge in [-0.25, -0.2) is 23.8 Å². The molecule has 0 nitrogen and oxygen atoms in total. The van der Waals surface area contributed by atoms with E-state index in [0.29, 0.717) is 0 Å². The molecule has 1 aromatic carbocycles. The molecule has 0 aromatic heterocycles. The van der Waals surface area contributed by atoms with Gasteiger partial charge < -0.3 is 24.8 Å². The van der Waals surface area contributed by atoms with Crippen LogP contribution in [0.2, 0.25) is 18.1 Å². The number of aryl methyl sites for hydroxylation is 1. The fourth-order valence-corrected chi connectivity index (χ4v) is 7.61. The first kappa shape index (κ1) is 24.8. The van der Waals surface area contributed by atoms with Gasteiger partial charge in [0.25, 0.3) is 0 Å². The zero-order valence-corrected chi connectivity index (χ0v) is 18.6. The standard InChI is InChI=1S/C13H21Si.C5H5.2ClH.Zr/c1-3-4-8-14(9-5-10-14)13-7-6-12(2)11-13;1-2-4-5-3-1;;;/h6-7,11H,3-5,8-10H2,1-2H3;1-3H,4H2;2*1H;/q2*-1;;;+4/p-2. The molecule has 0 amide bonds. The molecule has 120 valence electrons. The van der Waals surface area contributed by atoms with Crippen molar-refractivity contribution in [1.82, 2.24) is 0 Å². The molecule has 22 heavy (non-hydrogen) atoms. The van der Waals surface area contributed by atoms with Crippen LogP contribution in [0.4, 0.5) is 0 Å². The summed E-state index contributed by atoms with van der Waals surface area (Å²) in [5, 5.41) is 1.76. The van der Waals surface area contributed by atoms with Gasteiger partial charge in [0.2, 0.25) is 0 Å². The molecule has 1 aliphatic carbocycles. The minimum absolute atomic E-state index is 0. The van der Waals surface area contributed by atoms with Crippen molar-refractivity contribution in [2.75, 3.05) is 0 Å². The van der Waals surface area contributed by atoms with Gasteiger partial charge in [0.15, 0.2) is 0 Å². The van der Waals surface area contributed by atoms with E-state index >= 15 is 0 Å². The third-order valence-corrected chi connectivity index (χ3v) is 9.89. The van der Waals surface area contributed by atoms with Gasteiger partial charge in [-0.15, -0.1) is 6.42 Å². The second kappa shape index (κ2) is 12.9. The van der Waals surface area contributed by atoms with Crippen molar-refractivity contribution in [3.8, 4) is 0 Å². The van der Waals surface area contributed by atoms with Crippen LogP contribution >= 0.6 is 0 Å². The third-order valence-electron chi connectivity index (χ3n) is 4.43. The summed E-state index contributed by atoms with van der Waals surface area (Å²) in [4.78, 5) is 0. The Morgan fingerprint density at radius 1 is 1.27 bits per heavy atom. The van der Waals surface area contributed by atoms with Crippen molar-refractivity contribution in [2.24, 2.45) is 0 Å². The van der Waals surface area contributed by atoms with Crippen molar-refractivity contribution < 1.29 is 51.0 Å². The van der Waals surface area contributed by atoms with Crippen LogP contribution in [0, 0.1) is 13.0 Å². The zero-order valence-electron chi connectivity index (χ0n) is 13.7. The summed E-state index contributed by atoms with van der Waals surface area (Å²) in [5.41, 5.74) is 1.47. The fraction of sp³-hybridized carbons (Fsp3) is 0.500. The Balaban J connectivity index is 0. The van der Waals surface area contributed by atoms with E-state index in [1.807, 2.05) is 12.2 Å². The second-order valence-electron chi connectivity index (χ2n) is 5.92. The maximum atomic E-state index is 2.99. The van der Waals surface area contributed by atoms with Crippen LogP contribution in [-0.2, 0) is 26.2 Å². The molecule has 1 saturated heterocycles. The van der Waals surface area contributed by atoms with Gasteiger partial charge >= 0.3 is 26.2 Å². The van der Waals surface area contributed by atoms with Crippen molar-refractivity contribution in [3.63, 3.8) is 0 Å². The van der Waals surface area contributed by atoms with Crippen LogP contribution in [0.1, 0.15) is 38.2 Å². The molecular weight excluding hydrogens is 406 g/mol. The van der Waals surface area contributed by atoms with E-state index in [1.165, 1.54) is 24.8 Å². The first-order valence-electron chi connectivity index (χ1n) is 7.72. The molecule has 1 heterocycles. The van der Waals surface area contributed by atoms with Crippen LogP contribution in [0.25, 0.3) is 0 Å². The van der Waals surface area contributed by atoms with Gasteiger partial charge in [-0.1, -0.05) is 51.2 Å². The van der Waals surface area contributed by atoms with Crippen molar-refractivity contribution in [3.05, 3.63) is 48.1 Å². The van der Waals surface area contributed by atoms with Crippen molar-refractivity contribution in [2.45, 2.75) is 57.7 Å². The number of halogens is 2. The molecule has 0 spiro atoms. The fourth-order valence-electron chi connectivity index (χ4n) is 3.03. The first-order chi connectivity index (χ1) is 9.27. The van der Waals surface area contributed by atoms with Crippen LogP contribution in [0.3, 0.4) is 0 Å². The largest absolute Gasteiger partial charge is 4.00 e. The van der Waals surface area contributed by atoms with E-state index < -0.39 is 8.07 Å². The monoisotopic (exact) mass is 430 g/mol. The Hall–Kier alpha value is 0.510. The summed E-state index contributed by atoms with van der Waals surface area (Å²) < 4.78 is 0. The molecule has 1 aromatic rings. The average Bonchev–Trinajstić information content (AvgIpc) is 3.02. The van der Waals surface area contributed by atoms with Gasteiger partial charge in [0.05, 0.1) is 0 Å². The third kappa shape index (κ3) is 6.95. The van der Waals surface area contributed by atoms with Gasteiger partial charge in [-0.05, 0) is 0 Å². The minimum Gasteiger partial charge on any atom is -1.00 e. The number of rotatable bonds is 4. The Morgan fingerprint density at radius 3 is 2.32 bits per heavy atom. The van der Waals surface area contributed by atoms with Gasteiger partial charge in [-0.2, -0.15) is 23.4 Å². The predicted molar refractivity (Wildman–Crippen MR) is 87.7 cm³/mol. The van der Waals surface area contributed by atoms with Crippen LogP contribution in [0.5, 0.6) is 0 Å². The maximum absolute atomic E-state index is 2.99. The Morgan fingerprint density at radius 2 is 2.00 bits per heavy atom. The first-order valence-corrected chi connectivity index (χ1v) is 10.3. The maximum Gasteiger partial charge on any atom is 4.00 e. The molecule has 0 unspecified atom stereocenters. The molecule has 1 aliphatic heterocycles. The summed E-state index contributed by atoms with van der Waals surface area (Å²) in [5.74, 6) is 0. The average molecular weight is 433 g/mol. The molecule has 1 fully saturated rings. The molecule has 4 heteroatoms. The zero-order chi connectivity index (χ0) is 13.6. The Labute approximate surface area is 169 Å². The summed E-state index contributed by atoms with van der Waals surface area (Å²) >= 11 is 0. The molecule has 2 aliphatic rings. The molecule has 0 N–H and O–H groups in total. The van der Waals surface area contributed by atoms with E-state index in [4.69, 9.17) is 0 Å².